The van der Waals surface area contributed by atoms with Crippen LogP contribution in [0.4, 0.5) is 0 Å². The molecule has 0 amide bonds. The van der Waals surface area contributed by atoms with Crippen molar-refractivity contribution in [3.05, 3.63) is 35.9 Å². The number of aliphatic carboxylic acids is 1. The van der Waals surface area contributed by atoms with Crippen molar-refractivity contribution < 1.29 is 14.1 Å². The molecule has 0 aromatic heterocycles. The van der Waals surface area contributed by atoms with Gasteiger partial charge in [-0.25, -0.2) is 0 Å². The number of aryl methyl sites for hydroxylation is 1. The Balaban J connectivity index is 1.62. The van der Waals surface area contributed by atoms with Crippen LogP contribution >= 0.6 is 0 Å². The van der Waals surface area contributed by atoms with Gasteiger partial charge in [0.25, 0.3) is 0 Å². The first kappa shape index (κ1) is 15.2. The normalized spacial score (nSPS) is 17.6. The molecule has 0 aliphatic heterocycles. The van der Waals surface area contributed by atoms with Gasteiger partial charge in [-0.3, -0.25) is 9.00 Å². The van der Waals surface area contributed by atoms with Gasteiger partial charge >= 0.3 is 5.97 Å². The summed E-state index contributed by atoms with van der Waals surface area (Å²) >= 11 is 0. The molecule has 110 valence electrons. The average molecular weight is 294 g/mol. The Morgan fingerprint density at radius 2 is 1.90 bits per heavy atom. The number of hydrogen-bond acceptors (Lipinski definition) is 2. The van der Waals surface area contributed by atoms with Gasteiger partial charge in [-0.05, 0) is 43.1 Å². The van der Waals surface area contributed by atoms with E-state index in [0.717, 1.165) is 32.1 Å². The van der Waals surface area contributed by atoms with Crippen molar-refractivity contribution in [1.29, 1.82) is 0 Å². The molecule has 1 N–H and O–H groups in total. The fourth-order valence-corrected chi connectivity index (χ4v) is 4.26. The maximum absolute atomic E-state index is 12.0. The molecule has 3 nitrogen and oxygen atoms in total. The number of carbonyl (C=O) groups is 1. The fourth-order valence-electron chi connectivity index (χ4n) is 2.52. The highest BCUT2D eigenvalue weighted by molar-refractivity contribution is 7.85. The molecule has 1 aromatic rings. The lowest BCUT2D eigenvalue weighted by molar-refractivity contribution is -0.138. The molecule has 1 aliphatic carbocycles. The van der Waals surface area contributed by atoms with Crippen LogP contribution in [0.2, 0.25) is 0 Å². The lowest BCUT2D eigenvalue weighted by Gasteiger charge is -2.11. The summed E-state index contributed by atoms with van der Waals surface area (Å²) < 4.78 is 12.0. The second kappa shape index (κ2) is 7.02. The van der Waals surface area contributed by atoms with Crippen LogP contribution in [0, 0.1) is 5.41 Å². The van der Waals surface area contributed by atoms with E-state index in [1.165, 1.54) is 5.56 Å². The Bertz CT molecular complexity index is 466. The first-order chi connectivity index (χ1) is 9.60. The van der Waals surface area contributed by atoms with Crippen LogP contribution in [0.15, 0.2) is 30.3 Å². The molecular formula is C16H22O3S. The maximum Gasteiger partial charge on any atom is 0.303 e. The second-order valence-electron chi connectivity index (χ2n) is 5.80. The van der Waals surface area contributed by atoms with Gasteiger partial charge in [0.05, 0.1) is 6.42 Å². The minimum atomic E-state index is -0.865. The zero-order valence-corrected chi connectivity index (χ0v) is 12.5. The van der Waals surface area contributed by atoms with Crippen LogP contribution in [0.5, 0.6) is 0 Å². The molecule has 4 heteroatoms. The molecule has 0 heterocycles. The topological polar surface area (TPSA) is 54.4 Å². The van der Waals surface area contributed by atoms with E-state index in [0.29, 0.717) is 11.5 Å². The number of benzene rings is 1. The molecule has 20 heavy (non-hydrogen) atoms. The van der Waals surface area contributed by atoms with Crippen LogP contribution in [-0.2, 0) is 22.0 Å². The Hall–Kier alpha value is -1.16. The van der Waals surface area contributed by atoms with Gasteiger partial charge in [0, 0.05) is 22.3 Å². The van der Waals surface area contributed by atoms with Crippen molar-refractivity contribution in [2.75, 3.05) is 11.5 Å². The molecule has 1 unspecified atom stereocenters. The first-order valence-corrected chi connectivity index (χ1v) is 8.69. The number of carboxylic acids is 1. The van der Waals surface area contributed by atoms with Crippen molar-refractivity contribution in [1.82, 2.24) is 0 Å². The van der Waals surface area contributed by atoms with E-state index in [1.807, 2.05) is 18.2 Å². The number of rotatable bonds is 9. The summed E-state index contributed by atoms with van der Waals surface area (Å²) in [6, 6.07) is 10.3. The highest BCUT2D eigenvalue weighted by atomic mass is 32.2. The zero-order valence-electron chi connectivity index (χ0n) is 11.7. The minimum absolute atomic E-state index is 0.143. The number of carboxylic acid groups (broad SMARTS) is 1. The molecule has 1 aromatic carbocycles. The molecule has 1 saturated carbocycles. The third-order valence-electron chi connectivity index (χ3n) is 3.88. The third-order valence-corrected chi connectivity index (χ3v) is 5.56. The molecule has 1 atom stereocenters. The van der Waals surface area contributed by atoms with Gasteiger partial charge in [0.15, 0.2) is 0 Å². The molecule has 0 radical (unpaired) electrons. The SMILES string of the molecule is O=C(O)CC1(CS(=O)CCCCc2ccccc2)CC1. The molecule has 2 rings (SSSR count). The van der Waals surface area contributed by atoms with E-state index >= 15 is 0 Å². The summed E-state index contributed by atoms with van der Waals surface area (Å²) in [5.74, 6) is 0.516. The number of hydrogen-bond donors (Lipinski definition) is 1. The summed E-state index contributed by atoms with van der Waals surface area (Å²) in [6.07, 6.45) is 5.05. The van der Waals surface area contributed by atoms with Gasteiger partial charge in [-0.15, -0.1) is 0 Å². The summed E-state index contributed by atoms with van der Waals surface area (Å²) in [4.78, 5) is 10.8. The summed E-state index contributed by atoms with van der Waals surface area (Å²) in [5, 5.41) is 8.84. The number of unbranched alkanes of at least 4 members (excludes halogenated alkanes) is 1. The molecule has 1 aliphatic rings. The van der Waals surface area contributed by atoms with Crippen molar-refractivity contribution in [2.45, 2.75) is 38.5 Å². The Morgan fingerprint density at radius 3 is 2.50 bits per heavy atom. The summed E-state index contributed by atoms with van der Waals surface area (Å²) in [6.45, 7) is 0. The van der Waals surface area contributed by atoms with Crippen molar-refractivity contribution in [2.24, 2.45) is 5.41 Å². The van der Waals surface area contributed by atoms with Gasteiger partial charge in [0.1, 0.15) is 0 Å². The van der Waals surface area contributed by atoms with Gasteiger partial charge in [-0.2, -0.15) is 0 Å². The predicted octanol–water partition coefficient (Wildman–Crippen LogP) is 3.01. The van der Waals surface area contributed by atoms with Crippen molar-refractivity contribution in [3.8, 4) is 0 Å². The van der Waals surface area contributed by atoms with Crippen molar-refractivity contribution >= 4 is 16.8 Å². The summed E-state index contributed by atoms with van der Waals surface area (Å²) in [5.41, 5.74) is 1.18. The van der Waals surface area contributed by atoms with E-state index < -0.39 is 16.8 Å². The van der Waals surface area contributed by atoms with E-state index in [-0.39, 0.29) is 11.8 Å². The lowest BCUT2D eigenvalue weighted by atomic mass is 10.1. The van der Waals surface area contributed by atoms with E-state index in [9.17, 15) is 9.00 Å². The summed E-state index contributed by atoms with van der Waals surface area (Å²) in [7, 11) is -0.865. The van der Waals surface area contributed by atoms with Crippen LogP contribution in [0.3, 0.4) is 0 Å². The third kappa shape index (κ3) is 5.08. The van der Waals surface area contributed by atoms with Crippen LogP contribution in [0.1, 0.15) is 37.7 Å². The molecular weight excluding hydrogens is 272 g/mol. The van der Waals surface area contributed by atoms with Crippen LogP contribution in [-0.4, -0.2) is 26.8 Å². The molecule has 0 spiro atoms. The molecule has 0 saturated heterocycles. The van der Waals surface area contributed by atoms with Gasteiger partial charge < -0.3 is 5.11 Å². The highest BCUT2D eigenvalue weighted by Gasteiger charge is 2.45. The Labute approximate surface area is 122 Å². The smallest absolute Gasteiger partial charge is 0.303 e. The quantitative estimate of drug-likeness (QED) is 0.712. The maximum atomic E-state index is 12.0. The molecule has 1 fully saturated rings. The van der Waals surface area contributed by atoms with E-state index in [2.05, 4.69) is 12.1 Å². The monoisotopic (exact) mass is 294 g/mol. The first-order valence-electron chi connectivity index (χ1n) is 7.20. The van der Waals surface area contributed by atoms with Gasteiger partial charge in [0.2, 0.25) is 0 Å². The van der Waals surface area contributed by atoms with Crippen LogP contribution in [0.25, 0.3) is 0 Å². The predicted molar refractivity (Wildman–Crippen MR) is 81.2 cm³/mol. The standard InChI is InChI=1S/C16H22O3S/c17-15(18)12-16(9-10-16)13-20(19)11-5-4-8-14-6-2-1-3-7-14/h1-3,6-7H,4-5,8-13H2,(H,17,18). The lowest BCUT2D eigenvalue weighted by Crippen LogP contribution is -2.18. The van der Waals surface area contributed by atoms with E-state index in [1.54, 1.807) is 0 Å². The molecule has 0 bridgehead atoms. The largest absolute Gasteiger partial charge is 0.481 e. The second-order valence-corrected chi connectivity index (χ2v) is 7.38. The van der Waals surface area contributed by atoms with Crippen LogP contribution < -0.4 is 0 Å². The zero-order chi connectivity index (χ0) is 14.4. The van der Waals surface area contributed by atoms with Gasteiger partial charge in [-0.1, -0.05) is 30.3 Å². The fraction of sp³-hybridized carbons (Fsp3) is 0.562. The van der Waals surface area contributed by atoms with Crippen molar-refractivity contribution in [3.63, 3.8) is 0 Å². The highest BCUT2D eigenvalue weighted by Crippen LogP contribution is 2.49. The Kier molecular flexibility index (Phi) is 5.35. The minimum Gasteiger partial charge on any atom is -0.481 e. The average Bonchev–Trinajstić information content (AvgIpc) is 3.14. The van der Waals surface area contributed by atoms with E-state index in [4.69, 9.17) is 5.11 Å². The Morgan fingerprint density at radius 1 is 1.20 bits per heavy atom.